The van der Waals surface area contributed by atoms with Gasteiger partial charge in [-0.15, -0.1) is 0 Å². The quantitative estimate of drug-likeness (QED) is 0.798. The number of nitrogens with zero attached hydrogens (tertiary/aromatic N) is 1. The Morgan fingerprint density at radius 3 is 2.58 bits per heavy atom. The molecule has 0 spiro atoms. The van der Waals surface area contributed by atoms with E-state index >= 15 is 0 Å². The number of hydrogen-bond donors (Lipinski definition) is 0. The molecule has 0 saturated heterocycles. The Hall–Kier alpha value is -1.73. The van der Waals surface area contributed by atoms with Gasteiger partial charge in [0.25, 0.3) is 0 Å². The van der Waals surface area contributed by atoms with Crippen molar-refractivity contribution in [2.75, 3.05) is 0 Å². The van der Waals surface area contributed by atoms with E-state index in [9.17, 15) is 4.79 Å². The number of carbonyl (C=O) groups is 1. The van der Waals surface area contributed by atoms with Crippen LogP contribution >= 0.6 is 11.6 Å². The van der Waals surface area contributed by atoms with Gasteiger partial charge in [0.15, 0.2) is 6.10 Å². The number of ether oxygens (including phenoxy) is 2. The van der Waals surface area contributed by atoms with Crippen LogP contribution < -0.4 is 4.74 Å². The normalized spacial score (nSPS) is 12.4. The lowest BCUT2D eigenvalue weighted by Gasteiger charge is -2.23. The summed E-state index contributed by atoms with van der Waals surface area (Å²) in [7, 11) is 0. The van der Waals surface area contributed by atoms with E-state index in [1.54, 1.807) is 45.9 Å². The molecule has 0 saturated carbocycles. The first-order valence-electron chi connectivity index (χ1n) is 5.82. The third-order valence-corrected chi connectivity index (χ3v) is 2.44. The van der Waals surface area contributed by atoms with Gasteiger partial charge in [0.05, 0.1) is 5.02 Å². The van der Waals surface area contributed by atoms with Gasteiger partial charge in [-0.25, -0.2) is 4.79 Å². The summed E-state index contributed by atoms with van der Waals surface area (Å²) in [5.74, 6) is -0.218. The molecule has 1 atom stereocenters. The van der Waals surface area contributed by atoms with Gasteiger partial charge in [-0.3, -0.25) is 0 Å². The minimum Gasteiger partial charge on any atom is -0.478 e. The smallest absolute Gasteiger partial charge is 0.347 e. The van der Waals surface area contributed by atoms with Crippen molar-refractivity contribution in [2.24, 2.45) is 0 Å². The van der Waals surface area contributed by atoms with Gasteiger partial charge in [-0.05, 0) is 39.8 Å². The molecule has 4 nitrogen and oxygen atoms in total. The lowest BCUT2D eigenvalue weighted by Crippen LogP contribution is -2.33. The minimum absolute atomic E-state index is 0.208. The molecular formula is C14H16ClNO3. The Bertz CT molecular complexity index is 514. The molecule has 0 aliphatic heterocycles. The van der Waals surface area contributed by atoms with E-state index in [1.165, 1.54) is 0 Å². The maximum atomic E-state index is 11.8. The summed E-state index contributed by atoms with van der Waals surface area (Å²) < 4.78 is 10.6. The number of halogens is 1. The van der Waals surface area contributed by atoms with Crippen LogP contribution in [0.3, 0.4) is 0 Å². The van der Waals surface area contributed by atoms with E-state index in [2.05, 4.69) is 0 Å². The van der Waals surface area contributed by atoms with E-state index in [0.29, 0.717) is 0 Å². The molecule has 0 fully saturated rings. The first-order valence-corrected chi connectivity index (χ1v) is 6.20. The molecule has 19 heavy (non-hydrogen) atoms. The molecule has 0 radical (unpaired) electrons. The number of nitriles is 1. The SMILES string of the molecule is CC(Oc1cccc(Cl)c1C#N)C(=O)OC(C)(C)C. The third kappa shape index (κ3) is 4.46. The highest BCUT2D eigenvalue weighted by atomic mass is 35.5. The van der Waals surface area contributed by atoms with E-state index in [0.717, 1.165) is 0 Å². The van der Waals surface area contributed by atoms with Crippen molar-refractivity contribution in [2.45, 2.75) is 39.4 Å². The largest absolute Gasteiger partial charge is 0.478 e. The van der Waals surface area contributed by atoms with Gasteiger partial charge in [-0.1, -0.05) is 17.7 Å². The number of esters is 1. The zero-order valence-corrected chi connectivity index (χ0v) is 12.1. The van der Waals surface area contributed by atoms with Gasteiger partial charge in [0.1, 0.15) is 23.0 Å². The fraction of sp³-hybridized carbons (Fsp3) is 0.429. The van der Waals surface area contributed by atoms with Crippen LogP contribution in [0.1, 0.15) is 33.3 Å². The molecule has 1 unspecified atom stereocenters. The number of hydrogen-bond acceptors (Lipinski definition) is 4. The molecule has 102 valence electrons. The highest BCUT2D eigenvalue weighted by Gasteiger charge is 2.24. The van der Waals surface area contributed by atoms with Crippen LogP contribution in [0.2, 0.25) is 5.02 Å². The van der Waals surface area contributed by atoms with Gasteiger partial charge < -0.3 is 9.47 Å². The molecule has 0 aliphatic carbocycles. The number of benzene rings is 1. The summed E-state index contributed by atoms with van der Waals surface area (Å²) >= 11 is 5.88. The Morgan fingerprint density at radius 2 is 2.05 bits per heavy atom. The lowest BCUT2D eigenvalue weighted by atomic mass is 10.2. The van der Waals surface area contributed by atoms with Crippen molar-refractivity contribution in [3.05, 3.63) is 28.8 Å². The molecule has 0 aliphatic rings. The van der Waals surface area contributed by atoms with E-state index in [-0.39, 0.29) is 16.3 Å². The summed E-state index contributed by atoms with van der Waals surface area (Å²) in [5, 5.41) is 9.29. The van der Waals surface area contributed by atoms with Gasteiger partial charge in [0.2, 0.25) is 0 Å². The Balaban J connectivity index is 2.84. The minimum atomic E-state index is -0.815. The molecule has 0 N–H and O–H groups in total. The summed E-state index contributed by atoms with van der Waals surface area (Å²) in [6, 6.07) is 6.78. The monoisotopic (exact) mass is 281 g/mol. The van der Waals surface area contributed by atoms with E-state index in [4.69, 9.17) is 26.3 Å². The van der Waals surface area contributed by atoms with Crippen molar-refractivity contribution >= 4 is 17.6 Å². The van der Waals surface area contributed by atoms with Crippen molar-refractivity contribution in [1.82, 2.24) is 0 Å². The summed E-state index contributed by atoms with van der Waals surface area (Å²) in [5.41, 5.74) is -0.374. The van der Waals surface area contributed by atoms with Crippen molar-refractivity contribution < 1.29 is 14.3 Å². The number of rotatable bonds is 3. The number of carbonyl (C=O) groups excluding carboxylic acids is 1. The Kier molecular flexibility index (Phi) is 4.79. The van der Waals surface area contributed by atoms with Gasteiger partial charge in [0, 0.05) is 0 Å². The van der Waals surface area contributed by atoms with Crippen molar-refractivity contribution in [1.29, 1.82) is 5.26 Å². The summed E-state index contributed by atoms with van der Waals surface area (Å²) in [6.07, 6.45) is -0.815. The zero-order chi connectivity index (χ0) is 14.6. The molecule has 1 rings (SSSR count). The lowest BCUT2D eigenvalue weighted by molar-refractivity contribution is -0.162. The fourth-order valence-electron chi connectivity index (χ4n) is 1.33. The second kappa shape index (κ2) is 5.94. The predicted octanol–water partition coefficient (Wildman–Crippen LogP) is 3.32. The molecule has 0 heterocycles. The summed E-state index contributed by atoms with van der Waals surface area (Å²) in [6.45, 7) is 6.89. The molecule has 1 aromatic rings. The molecular weight excluding hydrogens is 266 g/mol. The van der Waals surface area contributed by atoms with Crippen LogP contribution in [-0.4, -0.2) is 17.7 Å². The Labute approximate surface area is 117 Å². The highest BCUT2D eigenvalue weighted by Crippen LogP contribution is 2.26. The van der Waals surface area contributed by atoms with E-state index < -0.39 is 17.7 Å². The highest BCUT2D eigenvalue weighted by molar-refractivity contribution is 6.31. The van der Waals surface area contributed by atoms with Gasteiger partial charge in [-0.2, -0.15) is 5.26 Å². The molecule has 1 aromatic carbocycles. The first-order chi connectivity index (χ1) is 8.74. The van der Waals surface area contributed by atoms with Crippen LogP contribution in [-0.2, 0) is 9.53 Å². The zero-order valence-electron chi connectivity index (χ0n) is 11.4. The van der Waals surface area contributed by atoms with Crippen LogP contribution in [0.25, 0.3) is 0 Å². The second-order valence-electron chi connectivity index (χ2n) is 5.02. The van der Waals surface area contributed by atoms with Crippen molar-refractivity contribution in [3.8, 4) is 11.8 Å². The van der Waals surface area contributed by atoms with Gasteiger partial charge >= 0.3 is 5.97 Å². The average Bonchev–Trinajstić information content (AvgIpc) is 2.27. The second-order valence-corrected chi connectivity index (χ2v) is 5.43. The van der Waals surface area contributed by atoms with Crippen molar-refractivity contribution in [3.63, 3.8) is 0 Å². The van der Waals surface area contributed by atoms with Crippen LogP contribution in [0, 0.1) is 11.3 Å². The predicted molar refractivity (Wildman–Crippen MR) is 72.1 cm³/mol. The molecule has 5 heteroatoms. The van der Waals surface area contributed by atoms with E-state index in [1.807, 2.05) is 6.07 Å². The topological polar surface area (TPSA) is 59.3 Å². The van der Waals surface area contributed by atoms with Crippen LogP contribution in [0.5, 0.6) is 5.75 Å². The van der Waals surface area contributed by atoms with Crippen LogP contribution in [0.15, 0.2) is 18.2 Å². The molecule has 0 bridgehead atoms. The fourth-order valence-corrected chi connectivity index (χ4v) is 1.54. The first kappa shape index (κ1) is 15.3. The molecule has 0 aromatic heterocycles. The third-order valence-electron chi connectivity index (χ3n) is 2.13. The standard InChI is InChI=1S/C14H16ClNO3/c1-9(13(17)19-14(2,3)4)18-12-7-5-6-11(15)10(12)8-16/h5-7,9H,1-4H3. The summed E-state index contributed by atoms with van der Waals surface area (Å²) in [4.78, 5) is 11.8. The molecule has 0 amide bonds. The maximum Gasteiger partial charge on any atom is 0.347 e. The maximum absolute atomic E-state index is 11.8. The average molecular weight is 282 g/mol. The van der Waals surface area contributed by atoms with Crippen LogP contribution in [0.4, 0.5) is 0 Å². The Morgan fingerprint density at radius 1 is 1.42 bits per heavy atom.